The van der Waals surface area contributed by atoms with Crippen LogP contribution in [-0.4, -0.2) is 62.8 Å². The Hall–Kier alpha value is -1.63. The lowest BCUT2D eigenvalue weighted by atomic mass is 9.92. The first-order valence-corrected chi connectivity index (χ1v) is 25.4. The quantitative estimate of drug-likeness (QED) is 0.0344. The van der Waals surface area contributed by atoms with Gasteiger partial charge in [-0.05, 0) is 90.3 Å². The Kier molecular flexibility index (Phi) is 42.2. The summed E-state index contributed by atoms with van der Waals surface area (Å²) in [5, 5.41) is 0. The summed E-state index contributed by atoms with van der Waals surface area (Å²) in [5.41, 5.74) is 0. The highest BCUT2D eigenvalue weighted by Crippen LogP contribution is 2.23. The Balaban J connectivity index is 4.28. The highest BCUT2D eigenvalue weighted by atomic mass is 16.5. The van der Waals surface area contributed by atoms with Crippen molar-refractivity contribution in [1.82, 2.24) is 4.90 Å². The monoisotopic (exact) mass is 822 g/mol. The summed E-state index contributed by atoms with van der Waals surface area (Å²) >= 11 is 0. The summed E-state index contributed by atoms with van der Waals surface area (Å²) in [4.78, 5) is 39.5. The van der Waals surface area contributed by atoms with Crippen LogP contribution in [0.3, 0.4) is 0 Å². The Morgan fingerprint density at radius 2 is 0.707 bits per heavy atom. The first kappa shape index (κ1) is 56.4. The highest BCUT2D eigenvalue weighted by Gasteiger charge is 2.15. The van der Waals surface area contributed by atoms with Gasteiger partial charge >= 0.3 is 17.9 Å². The predicted octanol–water partition coefficient (Wildman–Crippen LogP) is 14.9. The van der Waals surface area contributed by atoms with Crippen molar-refractivity contribution in [2.24, 2.45) is 11.8 Å². The number of ether oxygens (including phenoxy) is 3. The minimum absolute atomic E-state index is 0.00664. The average molecular weight is 822 g/mol. The molecule has 0 bridgehead atoms. The number of carbonyl (C=O) groups is 3. The molecular weight excluding hydrogens is 723 g/mol. The normalized spacial score (nSPS) is 11.7. The molecule has 7 nitrogen and oxygen atoms in total. The van der Waals surface area contributed by atoms with Crippen molar-refractivity contribution in [2.75, 3.05) is 33.9 Å². The Morgan fingerprint density at radius 1 is 0.379 bits per heavy atom. The zero-order valence-corrected chi connectivity index (χ0v) is 39.7. The molecule has 0 heterocycles. The van der Waals surface area contributed by atoms with Gasteiger partial charge in [0.2, 0.25) is 0 Å². The number of rotatable bonds is 45. The third-order valence-electron chi connectivity index (χ3n) is 12.0. The van der Waals surface area contributed by atoms with Crippen LogP contribution < -0.4 is 0 Å². The fourth-order valence-electron chi connectivity index (χ4n) is 8.16. The van der Waals surface area contributed by atoms with Gasteiger partial charge in [0.25, 0.3) is 0 Å². The molecule has 0 unspecified atom stereocenters. The first-order valence-electron chi connectivity index (χ1n) is 25.4. The summed E-state index contributed by atoms with van der Waals surface area (Å²) < 4.78 is 17.3. The molecular formula is C51H99NO6. The molecule has 58 heavy (non-hydrogen) atoms. The first-order chi connectivity index (χ1) is 28.2. The molecule has 344 valence electrons. The molecule has 0 aliphatic rings. The smallest absolute Gasteiger partial charge is 0.306 e. The third-order valence-corrected chi connectivity index (χ3v) is 12.0. The van der Waals surface area contributed by atoms with E-state index in [4.69, 9.17) is 14.2 Å². The van der Waals surface area contributed by atoms with Gasteiger partial charge in [0.05, 0.1) is 13.2 Å². The van der Waals surface area contributed by atoms with Gasteiger partial charge in [-0.15, -0.1) is 0 Å². The van der Waals surface area contributed by atoms with Crippen molar-refractivity contribution in [3.8, 4) is 0 Å². The van der Waals surface area contributed by atoms with E-state index in [1.165, 1.54) is 103 Å². The molecule has 0 aromatic rings. The van der Waals surface area contributed by atoms with Crippen LogP contribution in [0.15, 0.2) is 0 Å². The molecule has 0 aromatic carbocycles. The van der Waals surface area contributed by atoms with Gasteiger partial charge in [0, 0.05) is 19.3 Å². The Labute approximate surface area is 361 Å². The summed E-state index contributed by atoms with van der Waals surface area (Å²) in [6.07, 6.45) is 39.8. The maximum atomic E-state index is 12.7. The van der Waals surface area contributed by atoms with Crippen molar-refractivity contribution in [1.29, 1.82) is 0 Å². The van der Waals surface area contributed by atoms with Crippen molar-refractivity contribution < 1.29 is 28.6 Å². The minimum Gasteiger partial charge on any atom is -0.466 e. The van der Waals surface area contributed by atoms with E-state index in [1.807, 2.05) is 14.1 Å². The molecule has 0 N–H and O–H groups in total. The number of nitrogens with zero attached hydrogens (tertiary/aromatic N) is 1. The second-order valence-corrected chi connectivity index (χ2v) is 18.1. The largest absolute Gasteiger partial charge is 0.466 e. The van der Waals surface area contributed by atoms with Crippen LogP contribution in [0.2, 0.25) is 0 Å². The number of esters is 3. The topological polar surface area (TPSA) is 82.1 Å². The van der Waals surface area contributed by atoms with E-state index in [-0.39, 0.29) is 24.0 Å². The number of unbranched alkanes of at least 4 members (excludes halogenated alkanes) is 18. The van der Waals surface area contributed by atoms with Crippen molar-refractivity contribution >= 4 is 17.9 Å². The standard InChI is InChI=1S/C51H99NO6/c1-7-11-23-32-46(33-24-12-8-2)41-44-56-49(53)38-29-21-17-15-19-27-36-48(58-51(55)40-31-43-52(5)6)37-28-20-16-18-22-30-39-50(54)57-45-42-47(34-25-13-9-3)35-26-14-10-4/h46-48H,7-45H2,1-6H3. The average Bonchev–Trinajstić information content (AvgIpc) is 3.19. The van der Waals surface area contributed by atoms with Crippen LogP contribution in [0, 0.1) is 11.8 Å². The van der Waals surface area contributed by atoms with Gasteiger partial charge in [-0.3, -0.25) is 14.4 Å². The molecule has 0 saturated carbocycles. The van der Waals surface area contributed by atoms with Crippen LogP contribution >= 0.6 is 0 Å². The van der Waals surface area contributed by atoms with Crippen LogP contribution in [0.5, 0.6) is 0 Å². The van der Waals surface area contributed by atoms with E-state index < -0.39 is 0 Å². The number of carbonyl (C=O) groups excluding carboxylic acids is 3. The molecule has 0 spiro atoms. The molecule has 0 rings (SSSR count). The van der Waals surface area contributed by atoms with Gasteiger partial charge in [0.15, 0.2) is 0 Å². The Bertz CT molecular complexity index is 831. The predicted molar refractivity (Wildman–Crippen MR) is 246 cm³/mol. The van der Waals surface area contributed by atoms with Crippen molar-refractivity contribution in [3.05, 3.63) is 0 Å². The van der Waals surface area contributed by atoms with Gasteiger partial charge < -0.3 is 19.1 Å². The van der Waals surface area contributed by atoms with Crippen LogP contribution in [0.1, 0.15) is 259 Å². The van der Waals surface area contributed by atoms with E-state index in [0.29, 0.717) is 44.3 Å². The lowest BCUT2D eigenvalue weighted by Gasteiger charge is -2.18. The Morgan fingerprint density at radius 3 is 1.07 bits per heavy atom. The number of hydrogen-bond acceptors (Lipinski definition) is 7. The van der Waals surface area contributed by atoms with Gasteiger partial charge in [-0.2, -0.15) is 0 Å². The molecule has 0 saturated heterocycles. The SMILES string of the molecule is CCCCCC(CCCCC)CCOC(=O)CCCCCCCCC(CCCCCCCCC(=O)OCCC(CCCCC)CCCCC)OC(=O)CCCN(C)C. The lowest BCUT2D eigenvalue weighted by molar-refractivity contribution is -0.150. The second-order valence-electron chi connectivity index (χ2n) is 18.1. The third kappa shape index (κ3) is 39.8. The van der Waals surface area contributed by atoms with Crippen LogP contribution in [0.4, 0.5) is 0 Å². The minimum atomic E-state index is -0.0577. The van der Waals surface area contributed by atoms with Gasteiger partial charge in [-0.25, -0.2) is 0 Å². The van der Waals surface area contributed by atoms with E-state index in [9.17, 15) is 14.4 Å². The van der Waals surface area contributed by atoms with Gasteiger partial charge in [-0.1, -0.05) is 182 Å². The zero-order valence-electron chi connectivity index (χ0n) is 39.7. The summed E-state index contributed by atoms with van der Waals surface area (Å²) in [6, 6.07) is 0. The van der Waals surface area contributed by atoms with E-state index in [0.717, 1.165) is 116 Å². The lowest BCUT2D eigenvalue weighted by Crippen LogP contribution is -2.20. The second kappa shape index (κ2) is 43.5. The zero-order chi connectivity index (χ0) is 42.7. The summed E-state index contributed by atoms with van der Waals surface area (Å²) in [5.74, 6) is 1.29. The maximum absolute atomic E-state index is 12.7. The van der Waals surface area contributed by atoms with E-state index in [2.05, 4.69) is 32.6 Å². The molecule has 0 amide bonds. The highest BCUT2D eigenvalue weighted by molar-refractivity contribution is 5.70. The van der Waals surface area contributed by atoms with Crippen LogP contribution in [-0.2, 0) is 28.6 Å². The van der Waals surface area contributed by atoms with Crippen LogP contribution in [0.25, 0.3) is 0 Å². The number of hydrogen-bond donors (Lipinski definition) is 0. The molecule has 0 fully saturated rings. The fraction of sp³-hybridized carbons (Fsp3) is 0.941. The van der Waals surface area contributed by atoms with Gasteiger partial charge in [0.1, 0.15) is 6.10 Å². The van der Waals surface area contributed by atoms with E-state index >= 15 is 0 Å². The molecule has 0 aliphatic carbocycles. The molecule has 0 atom stereocenters. The summed E-state index contributed by atoms with van der Waals surface area (Å²) in [7, 11) is 4.07. The van der Waals surface area contributed by atoms with E-state index in [1.54, 1.807) is 0 Å². The van der Waals surface area contributed by atoms with Crippen molar-refractivity contribution in [3.63, 3.8) is 0 Å². The van der Waals surface area contributed by atoms with Crippen molar-refractivity contribution in [2.45, 2.75) is 265 Å². The fourth-order valence-corrected chi connectivity index (χ4v) is 8.16. The molecule has 0 radical (unpaired) electrons. The maximum Gasteiger partial charge on any atom is 0.306 e. The molecule has 7 heteroatoms. The molecule has 0 aromatic heterocycles. The summed E-state index contributed by atoms with van der Waals surface area (Å²) in [6.45, 7) is 11.1. The molecule has 0 aliphatic heterocycles.